The molecule has 2 aromatic rings. The Hall–Kier alpha value is -2.65. The van der Waals surface area contributed by atoms with Gasteiger partial charge in [0.25, 0.3) is 11.8 Å². The van der Waals surface area contributed by atoms with E-state index in [9.17, 15) is 18.0 Å². The number of carbonyl (C=O) groups is 1. The van der Waals surface area contributed by atoms with Crippen LogP contribution >= 0.6 is 11.6 Å². The lowest BCUT2D eigenvalue weighted by atomic mass is 9.85. The van der Waals surface area contributed by atoms with Crippen molar-refractivity contribution in [1.29, 1.82) is 0 Å². The fraction of sp³-hybridized carbons (Fsp3) is 0.316. The maximum Gasteiger partial charge on any atom is 0.299 e. The minimum atomic E-state index is -3.54. The van der Waals surface area contributed by atoms with Gasteiger partial charge in [0.2, 0.25) is 0 Å². The van der Waals surface area contributed by atoms with E-state index in [2.05, 4.69) is 15.3 Å². The number of anilines is 1. The van der Waals surface area contributed by atoms with E-state index in [-0.39, 0.29) is 23.8 Å². The van der Waals surface area contributed by atoms with Gasteiger partial charge in [-0.25, -0.2) is 18.2 Å². The summed E-state index contributed by atoms with van der Waals surface area (Å²) >= 11 is 5.83. The predicted molar refractivity (Wildman–Crippen MR) is 103 cm³/mol. The standard InChI is InChI=1S/C19H18ClF3N4O2/c1-10-5-11(20)7-25-16(10)17(28)26-12-3-4-14(21)13(6-12)18(2)19(22,23)9-29-8-15(24)27-18/h3-7H,8-9H2,1-2H3,(H2,24,27)(H,26,28). The Balaban J connectivity index is 2.00. The van der Waals surface area contributed by atoms with Gasteiger partial charge in [-0.2, -0.15) is 0 Å². The number of aliphatic imine (C=N–C) groups is 1. The Morgan fingerprint density at radius 2 is 2.07 bits per heavy atom. The first-order chi connectivity index (χ1) is 13.5. The molecule has 0 bridgehead atoms. The second kappa shape index (κ2) is 7.64. The maximum absolute atomic E-state index is 14.7. The van der Waals surface area contributed by atoms with E-state index in [0.717, 1.165) is 19.1 Å². The fourth-order valence-corrected chi connectivity index (χ4v) is 3.24. The maximum atomic E-state index is 14.7. The van der Waals surface area contributed by atoms with E-state index >= 15 is 0 Å². The molecule has 0 saturated carbocycles. The average Bonchev–Trinajstić information content (AvgIpc) is 2.72. The van der Waals surface area contributed by atoms with Crippen LogP contribution in [0.15, 0.2) is 35.5 Å². The number of aromatic nitrogens is 1. The molecular weight excluding hydrogens is 409 g/mol. The highest BCUT2D eigenvalue weighted by Crippen LogP contribution is 2.44. The molecule has 154 valence electrons. The van der Waals surface area contributed by atoms with E-state index in [1.807, 2.05) is 0 Å². The number of halogens is 4. The third-order valence-electron chi connectivity index (χ3n) is 4.62. The Labute approximate surface area is 169 Å². The predicted octanol–water partition coefficient (Wildman–Crippen LogP) is 3.67. The molecule has 29 heavy (non-hydrogen) atoms. The van der Waals surface area contributed by atoms with Gasteiger partial charge in [0.1, 0.15) is 30.6 Å². The molecule has 0 radical (unpaired) electrons. The second-order valence-electron chi connectivity index (χ2n) is 6.84. The molecule has 1 aliphatic rings. The van der Waals surface area contributed by atoms with Gasteiger partial charge in [-0.3, -0.25) is 9.79 Å². The monoisotopic (exact) mass is 426 g/mol. The van der Waals surface area contributed by atoms with Gasteiger partial charge in [0.05, 0.1) is 5.02 Å². The molecule has 1 aromatic carbocycles. The quantitative estimate of drug-likeness (QED) is 0.783. The summed E-state index contributed by atoms with van der Waals surface area (Å²) in [6.07, 6.45) is 1.31. The van der Waals surface area contributed by atoms with Crippen molar-refractivity contribution in [2.45, 2.75) is 25.3 Å². The topological polar surface area (TPSA) is 89.6 Å². The van der Waals surface area contributed by atoms with Crippen LogP contribution in [0.5, 0.6) is 0 Å². The molecular formula is C19H18ClF3N4O2. The second-order valence-corrected chi connectivity index (χ2v) is 7.28. The molecule has 3 N–H and O–H groups in total. The van der Waals surface area contributed by atoms with Gasteiger partial charge in [-0.1, -0.05) is 11.6 Å². The molecule has 10 heteroatoms. The Kier molecular flexibility index (Phi) is 5.55. The molecule has 1 aromatic heterocycles. The molecule has 2 heterocycles. The molecule has 1 unspecified atom stereocenters. The molecule has 1 aliphatic heterocycles. The Morgan fingerprint density at radius 1 is 1.34 bits per heavy atom. The third-order valence-corrected chi connectivity index (χ3v) is 4.83. The molecule has 0 aliphatic carbocycles. The van der Waals surface area contributed by atoms with Gasteiger partial charge in [-0.15, -0.1) is 0 Å². The SMILES string of the molecule is Cc1cc(Cl)cnc1C(=O)Nc1ccc(F)c(C2(C)N=C(N)COCC2(F)F)c1. The number of nitrogens with one attached hydrogen (secondary N) is 1. The van der Waals surface area contributed by atoms with Crippen molar-refractivity contribution in [3.8, 4) is 0 Å². The number of pyridine rings is 1. The van der Waals surface area contributed by atoms with Crippen molar-refractivity contribution in [3.05, 3.63) is 58.1 Å². The number of nitrogens with zero attached hydrogens (tertiary/aromatic N) is 2. The zero-order valence-corrected chi connectivity index (χ0v) is 16.4. The van der Waals surface area contributed by atoms with Gasteiger partial charge >= 0.3 is 0 Å². The van der Waals surface area contributed by atoms with Crippen LogP contribution in [0.1, 0.15) is 28.5 Å². The highest BCUT2D eigenvalue weighted by atomic mass is 35.5. The van der Waals surface area contributed by atoms with Gasteiger partial charge in [0, 0.05) is 17.4 Å². The molecule has 6 nitrogen and oxygen atoms in total. The number of nitrogens with two attached hydrogens (primary N) is 1. The summed E-state index contributed by atoms with van der Waals surface area (Å²) < 4.78 is 48.9. The molecule has 1 amide bonds. The zero-order chi connectivity index (χ0) is 21.4. The minimum Gasteiger partial charge on any atom is -0.385 e. The third kappa shape index (κ3) is 4.06. The lowest BCUT2D eigenvalue weighted by molar-refractivity contribution is -0.116. The van der Waals surface area contributed by atoms with E-state index in [1.54, 1.807) is 13.0 Å². The highest BCUT2D eigenvalue weighted by Gasteiger charge is 2.54. The molecule has 0 fully saturated rings. The van der Waals surface area contributed by atoms with E-state index in [4.69, 9.17) is 22.1 Å². The number of aryl methyl sites for hydroxylation is 1. The van der Waals surface area contributed by atoms with Crippen LogP contribution < -0.4 is 11.1 Å². The summed E-state index contributed by atoms with van der Waals surface area (Å²) in [6, 6.07) is 4.90. The number of ether oxygens (including phenoxy) is 1. The van der Waals surface area contributed by atoms with Crippen molar-refractivity contribution >= 4 is 29.0 Å². The van der Waals surface area contributed by atoms with E-state index in [1.165, 1.54) is 12.3 Å². The van der Waals surface area contributed by atoms with E-state index < -0.39 is 35.4 Å². The number of amidine groups is 1. The van der Waals surface area contributed by atoms with Crippen molar-refractivity contribution in [3.63, 3.8) is 0 Å². The van der Waals surface area contributed by atoms with Crippen LogP contribution in [0.3, 0.4) is 0 Å². The van der Waals surface area contributed by atoms with Crippen LogP contribution in [0.2, 0.25) is 5.02 Å². The summed E-state index contributed by atoms with van der Waals surface area (Å²) in [5, 5.41) is 2.89. The van der Waals surface area contributed by atoms with Gasteiger partial charge in [0.15, 0.2) is 5.54 Å². The summed E-state index contributed by atoms with van der Waals surface area (Å²) in [4.78, 5) is 20.3. The fourth-order valence-electron chi connectivity index (χ4n) is 3.03. The smallest absolute Gasteiger partial charge is 0.299 e. The largest absolute Gasteiger partial charge is 0.385 e. The zero-order valence-electron chi connectivity index (χ0n) is 15.6. The summed E-state index contributed by atoms with van der Waals surface area (Å²) in [6.45, 7) is 1.46. The first kappa shape index (κ1) is 21.1. The summed E-state index contributed by atoms with van der Waals surface area (Å²) in [5.41, 5.74) is 3.61. The number of alkyl halides is 2. The Morgan fingerprint density at radius 3 is 2.76 bits per heavy atom. The first-order valence-electron chi connectivity index (χ1n) is 8.57. The molecule has 0 spiro atoms. The van der Waals surface area contributed by atoms with Crippen LogP contribution in [0, 0.1) is 12.7 Å². The van der Waals surface area contributed by atoms with Crippen LogP contribution in [-0.2, 0) is 10.3 Å². The molecule has 0 saturated heterocycles. The van der Waals surface area contributed by atoms with Crippen molar-refractivity contribution in [2.75, 3.05) is 18.5 Å². The number of hydrogen-bond donors (Lipinski definition) is 2. The number of amides is 1. The van der Waals surface area contributed by atoms with Crippen molar-refractivity contribution in [2.24, 2.45) is 10.7 Å². The van der Waals surface area contributed by atoms with E-state index in [0.29, 0.717) is 10.6 Å². The van der Waals surface area contributed by atoms with Crippen LogP contribution in [0.25, 0.3) is 0 Å². The van der Waals surface area contributed by atoms with Crippen LogP contribution in [0.4, 0.5) is 18.9 Å². The minimum absolute atomic E-state index is 0.0958. The van der Waals surface area contributed by atoms with Gasteiger partial charge < -0.3 is 15.8 Å². The summed E-state index contributed by atoms with van der Waals surface area (Å²) in [5.74, 6) is -5.23. The van der Waals surface area contributed by atoms with Crippen molar-refractivity contribution < 1.29 is 22.7 Å². The molecule has 1 atom stereocenters. The average molecular weight is 427 g/mol. The highest BCUT2D eigenvalue weighted by molar-refractivity contribution is 6.30. The molecule has 3 rings (SSSR count). The normalized spacial score (nSPS) is 21.2. The Bertz CT molecular complexity index is 999. The van der Waals surface area contributed by atoms with Crippen molar-refractivity contribution in [1.82, 2.24) is 4.98 Å². The number of hydrogen-bond acceptors (Lipinski definition) is 5. The summed E-state index contributed by atoms with van der Waals surface area (Å²) in [7, 11) is 0. The number of rotatable bonds is 3. The lowest BCUT2D eigenvalue weighted by Gasteiger charge is -2.33. The van der Waals surface area contributed by atoms with Gasteiger partial charge in [-0.05, 0) is 43.7 Å². The lowest BCUT2D eigenvalue weighted by Crippen LogP contribution is -2.45. The number of carbonyl (C=O) groups excluding carboxylic acids is 1. The van der Waals surface area contributed by atoms with Crippen LogP contribution in [-0.4, -0.2) is 35.9 Å². The number of benzene rings is 1. The first-order valence-corrected chi connectivity index (χ1v) is 8.94.